The van der Waals surface area contributed by atoms with Gasteiger partial charge >= 0.3 is 0 Å². The first kappa shape index (κ1) is 15.1. The first-order chi connectivity index (χ1) is 8.54. The average Bonchev–Trinajstić information content (AvgIpc) is 2.29. The van der Waals surface area contributed by atoms with Crippen LogP contribution in [0.5, 0.6) is 0 Å². The van der Waals surface area contributed by atoms with E-state index in [2.05, 4.69) is 38.0 Å². The number of hydrogen-bond donors (Lipinski definition) is 1. The molecule has 1 aromatic rings. The van der Waals surface area contributed by atoms with Crippen molar-refractivity contribution in [2.75, 3.05) is 20.1 Å². The Hall–Kier alpha value is -0.930. The van der Waals surface area contributed by atoms with Crippen LogP contribution in [0, 0.1) is 11.7 Å². The molecule has 0 bridgehead atoms. The lowest BCUT2D eigenvalue weighted by atomic mass is 10.0. The van der Waals surface area contributed by atoms with Crippen LogP contribution in [0.3, 0.4) is 0 Å². The maximum Gasteiger partial charge on any atom is 0.123 e. The fourth-order valence-electron chi connectivity index (χ4n) is 2.23. The summed E-state index contributed by atoms with van der Waals surface area (Å²) in [5.74, 6) is 0.413. The van der Waals surface area contributed by atoms with Crippen LogP contribution < -0.4 is 5.32 Å². The van der Waals surface area contributed by atoms with E-state index in [9.17, 15) is 4.39 Å². The Bertz CT molecular complexity index is 352. The summed E-state index contributed by atoms with van der Waals surface area (Å²) in [6, 6.07) is 7.31. The lowest BCUT2D eigenvalue weighted by molar-refractivity contribution is 0.180. The largest absolute Gasteiger partial charge is 0.315 e. The standard InChI is InChI=1S/C15H25FN2/c1-5-17-10-15(12(2)3)18(4)11-13-7-6-8-14(16)9-13/h6-9,12,15,17H,5,10-11H2,1-4H3. The SMILES string of the molecule is CCNCC(C(C)C)N(C)Cc1cccc(F)c1. The molecule has 0 saturated carbocycles. The molecule has 0 fully saturated rings. The van der Waals surface area contributed by atoms with Crippen LogP contribution in [0.2, 0.25) is 0 Å². The zero-order valence-electron chi connectivity index (χ0n) is 11.9. The molecule has 2 nitrogen and oxygen atoms in total. The van der Waals surface area contributed by atoms with Crippen molar-refractivity contribution in [1.29, 1.82) is 0 Å². The molecule has 1 rings (SSSR count). The van der Waals surface area contributed by atoms with Gasteiger partial charge in [0.2, 0.25) is 0 Å². The molecule has 0 saturated heterocycles. The van der Waals surface area contributed by atoms with Crippen LogP contribution in [0.1, 0.15) is 26.3 Å². The molecule has 3 heteroatoms. The Labute approximate surface area is 110 Å². The highest BCUT2D eigenvalue weighted by atomic mass is 19.1. The van der Waals surface area contributed by atoms with E-state index in [4.69, 9.17) is 0 Å². The van der Waals surface area contributed by atoms with Crippen molar-refractivity contribution >= 4 is 0 Å². The third kappa shape index (κ3) is 4.75. The zero-order chi connectivity index (χ0) is 13.5. The highest BCUT2D eigenvalue weighted by Gasteiger charge is 2.18. The maximum atomic E-state index is 13.1. The van der Waals surface area contributed by atoms with E-state index < -0.39 is 0 Å². The molecule has 1 unspecified atom stereocenters. The summed E-state index contributed by atoms with van der Waals surface area (Å²) in [6.07, 6.45) is 0. The van der Waals surface area contributed by atoms with Gasteiger partial charge in [0.1, 0.15) is 5.82 Å². The van der Waals surface area contributed by atoms with Gasteiger partial charge in [-0.3, -0.25) is 4.90 Å². The van der Waals surface area contributed by atoms with Crippen molar-refractivity contribution in [2.24, 2.45) is 5.92 Å². The first-order valence-corrected chi connectivity index (χ1v) is 6.70. The van der Waals surface area contributed by atoms with Gasteiger partial charge in [0.25, 0.3) is 0 Å². The van der Waals surface area contributed by atoms with Crippen molar-refractivity contribution in [3.05, 3.63) is 35.6 Å². The molecule has 0 amide bonds. The Morgan fingerprint density at radius 1 is 1.33 bits per heavy atom. The summed E-state index contributed by atoms with van der Waals surface area (Å²) in [5, 5.41) is 3.39. The highest BCUT2D eigenvalue weighted by molar-refractivity contribution is 5.16. The molecule has 1 aromatic carbocycles. The van der Waals surface area contributed by atoms with E-state index in [0.717, 1.165) is 25.2 Å². The van der Waals surface area contributed by atoms with Crippen LogP contribution in [0.4, 0.5) is 4.39 Å². The molecule has 0 heterocycles. The van der Waals surface area contributed by atoms with Crippen molar-refractivity contribution in [3.63, 3.8) is 0 Å². The van der Waals surface area contributed by atoms with E-state index in [-0.39, 0.29) is 5.82 Å². The quantitative estimate of drug-likeness (QED) is 0.802. The Morgan fingerprint density at radius 3 is 2.61 bits per heavy atom. The van der Waals surface area contributed by atoms with Crippen LogP contribution in [0.25, 0.3) is 0 Å². The van der Waals surface area contributed by atoms with Crippen molar-refractivity contribution in [2.45, 2.75) is 33.4 Å². The summed E-state index contributed by atoms with van der Waals surface area (Å²) in [4.78, 5) is 2.29. The smallest absolute Gasteiger partial charge is 0.123 e. The predicted molar refractivity (Wildman–Crippen MR) is 75.0 cm³/mol. The molecule has 0 aromatic heterocycles. The summed E-state index contributed by atoms with van der Waals surface area (Å²) in [5.41, 5.74) is 1.03. The molecule has 0 aliphatic rings. The lowest BCUT2D eigenvalue weighted by Crippen LogP contribution is -2.43. The van der Waals surface area contributed by atoms with Crippen LogP contribution >= 0.6 is 0 Å². The van der Waals surface area contributed by atoms with Gasteiger partial charge in [-0.1, -0.05) is 32.9 Å². The number of rotatable bonds is 7. The number of halogens is 1. The minimum Gasteiger partial charge on any atom is -0.315 e. The van der Waals surface area contributed by atoms with E-state index in [1.807, 2.05) is 6.07 Å². The molecule has 1 atom stereocenters. The van der Waals surface area contributed by atoms with Gasteiger partial charge in [0.05, 0.1) is 0 Å². The molecule has 18 heavy (non-hydrogen) atoms. The fourth-order valence-corrected chi connectivity index (χ4v) is 2.23. The lowest BCUT2D eigenvalue weighted by Gasteiger charge is -2.31. The average molecular weight is 252 g/mol. The van der Waals surface area contributed by atoms with Gasteiger partial charge < -0.3 is 5.32 Å². The summed E-state index contributed by atoms with van der Waals surface area (Å²) in [7, 11) is 2.10. The zero-order valence-corrected chi connectivity index (χ0v) is 11.9. The molecule has 0 spiro atoms. The second-order valence-electron chi connectivity index (χ2n) is 5.16. The first-order valence-electron chi connectivity index (χ1n) is 6.70. The maximum absolute atomic E-state index is 13.1. The van der Waals surface area contributed by atoms with Crippen molar-refractivity contribution < 1.29 is 4.39 Å². The molecular weight excluding hydrogens is 227 g/mol. The predicted octanol–water partition coefficient (Wildman–Crippen LogP) is 2.89. The van der Waals surface area contributed by atoms with Gasteiger partial charge in [-0.15, -0.1) is 0 Å². The molecule has 102 valence electrons. The second kappa shape index (κ2) is 7.49. The van der Waals surface area contributed by atoms with E-state index in [1.54, 1.807) is 12.1 Å². The Balaban J connectivity index is 2.63. The number of likely N-dealkylation sites (N-methyl/N-ethyl adjacent to an activating group) is 2. The van der Waals surface area contributed by atoms with Crippen LogP contribution in [-0.4, -0.2) is 31.1 Å². The fraction of sp³-hybridized carbons (Fsp3) is 0.600. The van der Waals surface area contributed by atoms with E-state index in [1.165, 1.54) is 6.07 Å². The van der Waals surface area contributed by atoms with Gasteiger partial charge in [-0.2, -0.15) is 0 Å². The highest BCUT2D eigenvalue weighted by Crippen LogP contribution is 2.13. The van der Waals surface area contributed by atoms with Gasteiger partial charge in [-0.25, -0.2) is 4.39 Å². The monoisotopic (exact) mass is 252 g/mol. The van der Waals surface area contributed by atoms with Crippen molar-refractivity contribution in [1.82, 2.24) is 10.2 Å². The van der Waals surface area contributed by atoms with Crippen LogP contribution in [0.15, 0.2) is 24.3 Å². The van der Waals surface area contributed by atoms with E-state index >= 15 is 0 Å². The third-order valence-electron chi connectivity index (χ3n) is 3.26. The normalized spacial score (nSPS) is 13.3. The van der Waals surface area contributed by atoms with Gasteiger partial charge in [-0.05, 0) is 37.2 Å². The summed E-state index contributed by atoms with van der Waals surface area (Å²) in [6.45, 7) is 9.31. The molecule has 0 aliphatic heterocycles. The molecule has 0 aliphatic carbocycles. The topological polar surface area (TPSA) is 15.3 Å². The number of benzene rings is 1. The number of nitrogens with one attached hydrogen (secondary N) is 1. The Kier molecular flexibility index (Phi) is 6.30. The van der Waals surface area contributed by atoms with Gasteiger partial charge in [0, 0.05) is 19.1 Å². The third-order valence-corrected chi connectivity index (χ3v) is 3.26. The van der Waals surface area contributed by atoms with E-state index in [0.29, 0.717) is 12.0 Å². The van der Waals surface area contributed by atoms with Crippen LogP contribution in [-0.2, 0) is 6.54 Å². The number of hydrogen-bond acceptors (Lipinski definition) is 2. The van der Waals surface area contributed by atoms with Crippen molar-refractivity contribution in [3.8, 4) is 0 Å². The minimum absolute atomic E-state index is 0.159. The number of nitrogens with zero attached hydrogens (tertiary/aromatic N) is 1. The molecular formula is C15H25FN2. The molecule has 0 radical (unpaired) electrons. The summed E-state index contributed by atoms with van der Waals surface area (Å²) < 4.78 is 13.1. The van der Waals surface area contributed by atoms with Gasteiger partial charge in [0.15, 0.2) is 0 Å². The Morgan fingerprint density at radius 2 is 2.06 bits per heavy atom. The molecule has 1 N–H and O–H groups in total. The second-order valence-corrected chi connectivity index (χ2v) is 5.16. The minimum atomic E-state index is -0.159. The summed E-state index contributed by atoms with van der Waals surface area (Å²) >= 11 is 0.